The number of aryl methyl sites for hydroxylation is 1. The molecule has 1 aromatic carbocycles. The number of hydrogen-bond donors (Lipinski definition) is 1. The van der Waals surface area contributed by atoms with Crippen LogP contribution in [0.4, 0.5) is 5.00 Å². The molecule has 0 spiro atoms. The van der Waals surface area contributed by atoms with Crippen LogP contribution >= 0.6 is 11.3 Å². The maximum absolute atomic E-state index is 13.1. The van der Waals surface area contributed by atoms with Crippen molar-refractivity contribution in [2.45, 2.75) is 57.9 Å². The molecule has 1 N–H and O–H groups in total. The van der Waals surface area contributed by atoms with Crippen LogP contribution in [0.5, 0.6) is 0 Å². The average Bonchev–Trinajstić information content (AvgIpc) is 3.24. The van der Waals surface area contributed by atoms with Crippen LogP contribution < -0.4 is 5.32 Å². The Balaban J connectivity index is 1.65. The van der Waals surface area contributed by atoms with E-state index in [2.05, 4.69) is 10.3 Å². The van der Waals surface area contributed by atoms with E-state index in [0.717, 1.165) is 42.4 Å². The second kappa shape index (κ2) is 9.26. The van der Waals surface area contributed by atoms with Crippen molar-refractivity contribution in [3.05, 3.63) is 46.1 Å². The fourth-order valence-corrected chi connectivity index (χ4v) is 6.08. The first-order valence-electron chi connectivity index (χ1n) is 10.9. The molecule has 0 aliphatic heterocycles. The number of fused-ring (bicyclic) bond motifs is 2. The summed E-state index contributed by atoms with van der Waals surface area (Å²) in [6, 6.07) is 7.21. The van der Waals surface area contributed by atoms with Crippen LogP contribution in [-0.2, 0) is 44.5 Å². The van der Waals surface area contributed by atoms with Crippen molar-refractivity contribution < 1.29 is 22.7 Å². The molecule has 8 nitrogen and oxygen atoms in total. The Morgan fingerprint density at radius 1 is 1.21 bits per heavy atom. The molecular weight excluding hydrogens is 462 g/mol. The summed E-state index contributed by atoms with van der Waals surface area (Å²) in [5.74, 6) is -0.747. The third kappa shape index (κ3) is 5.27. The molecule has 0 unspecified atom stereocenters. The molecule has 176 valence electrons. The van der Waals surface area contributed by atoms with Gasteiger partial charge in [0.15, 0.2) is 9.84 Å². The number of carbonyl (C=O) groups excluding carboxylic acids is 2. The van der Waals surface area contributed by atoms with Gasteiger partial charge < -0.3 is 14.6 Å². The first-order chi connectivity index (χ1) is 15.6. The number of sulfone groups is 1. The van der Waals surface area contributed by atoms with Crippen molar-refractivity contribution in [2.24, 2.45) is 0 Å². The van der Waals surface area contributed by atoms with Crippen LogP contribution in [0.2, 0.25) is 0 Å². The molecule has 33 heavy (non-hydrogen) atoms. The van der Waals surface area contributed by atoms with Crippen LogP contribution in [0.3, 0.4) is 0 Å². The molecule has 1 aliphatic carbocycles. The molecule has 0 radical (unpaired) electrons. The highest BCUT2D eigenvalue weighted by Gasteiger charge is 2.28. The summed E-state index contributed by atoms with van der Waals surface area (Å²) < 4.78 is 30.9. The topological polar surface area (TPSA) is 107 Å². The van der Waals surface area contributed by atoms with E-state index in [9.17, 15) is 18.0 Å². The van der Waals surface area contributed by atoms with Gasteiger partial charge in [-0.05, 0) is 57.2 Å². The maximum Gasteiger partial charge on any atom is 0.341 e. The zero-order valence-electron chi connectivity index (χ0n) is 18.9. The molecule has 0 fully saturated rings. The Morgan fingerprint density at radius 3 is 2.67 bits per heavy atom. The van der Waals surface area contributed by atoms with E-state index in [1.165, 1.54) is 11.3 Å². The monoisotopic (exact) mass is 489 g/mol. The number of rotatable bonds is 7. The summed E-state index contributed by atoms with van der Waals surface area (Å²) in [7, 11) is -3.35. The minimum atomic E-state index is -3.35. The molecule has 0 saturated heterocycles. The number of amides is 1. The number of thiophene rings is 1. The lowest BCUT2D eigenvalue weighted by Gasteiger charge is -2.14. The molecule has 1 aliphatic rings. The predicted octanol–water partition coefficient (Wildman–Crippen LogP) is 3.73. The summed E-state index contributed by atoms with van der Waals surface area (Å²) in [6.45, 7) is 3.47. The van der Waals surface area contributed by atoms with Crippen LogP contribution in [-0.4, -0.2) is 42.2 Å². The Morgan fingerprint density at radius 2 is 1.94 bits per heavy atom. The second-order valence-corrected chi connectivity index (χ2v) is 11.8. The number of aromatic nitrogens is 2. The third-order valence-electron chi connectivity index (χ3n) is 5.40. The SMILES string of the molecule is CC(C)OC(=O)c1c(NC(=O)Cn2c(CS(C)(=O)=O)nc3ccccc32)sc2c1CCCC2. The van der Waals surface area contributed by atoms with Gasteiger partial charge in [0.1, 0.15) is 23.1 Å². The summed E-state index contributed by atoms with van der Waals surface area (Å²) in [5, 5.41) is 3.39. The number of anilines is 1. The molecule has 3 aromatic rings. The van der Waals surface area contributed by atoms with Gasteiger partial charge in [-0.1, -0.05) is 12.1 Å². The Hall–Kier alpha value is -2.72. The fraction of sp³-hybridized carbons (Fsp3) is 0.435. The predicted molar refractivity (Wildman–Crippen MR) is 128 cm³/mol. The lowest BCUT2D eigenvalue weighted by atomic mass is 9.95. The van der Waals surface area contributed by atoms with Gasteiger partial charge in [0.2, 0.25) is 5.91 Å². The van der Waals surface area contributed by atoms with Gasteiger partial charge >= 0.3 is 5.97 Å². The number of para-hydroxylation sites is 2. The average molecular weight is 490 g/mol. The Bertz CT molecular complexity index is 1320. The van der Waals surface area contributed by atoms with Crippen LogP contribution in [0.1, 0.15) is 53.3 Å². The number of benzene rings is 1. The van der Waals surface area contributed by atoms with Crippen molar-refractivity contribution in [3.63, 3.8) is 0 Å². The number of carbonyl (C=O) groups is 2. The van der Waals surface area contributed by atoms with Crippen LogP contribution in [0.25, 0.3) is 11.0 Å². The number of esters is 1. The summed E-state index contributed by atoms with van der Waals surface area (Å²) in [6.07, 6.45) is 4.58. The molecule has 2 heterocycles. The highest BCUT2D eigenvalue weighted by molar-refractivity contribution is 7.89. The minimum absolute atomic E-state index is 0.118. The lowest BCUT2D eigenvalue weighted by Crippen LogP contribution is -2.22. The number of hydrogen-bond acceptors (Lipinski definition) is 7. The first kappa shape index (κ1) is 23.4. The number of nitrogens with one attached hydrogen (secondary N) is 1. The summed E-state index contributed by atoms with van der Waals surface area (Å²) in [4.78, 5) is 31.5. The van der Waals surface area contributed by atoms with Crippen molar-refractivity contribution in [1.29, 1.82) is 0 Å². The highest BCUT2D eigenvalue weighted by atomic mass is 32.2. The molecule has 0 bridgehead atoms. The largest absolute Gasteiger partial charge is 0.459 e. The van der Waals surface area contributed by atoms with Gasteiger partial charge in [-0.3, -0.25) is 4.79 Å². The van der Waals surface area contributed by atoms with E-state index in [1.54, 1.807) is 30.5 Å². The molecule has 0 atom stereocenters. The van der Waals surface area contributed by atoms with E-state index < -0.39 is 15.8 Å². The number of ether oxygens (including phenoxy) is 1. The third-order valence-corrected chi connectivity index (χ3v) is 7.39. The number of nitrogens with zero attached hydrogens (tertiary/aromatic N) is 2. The van der Waals surface area contributed by atoms with E-state index >= 15 is 0 Å². The maximum atomic E-state index is 13.1. The minimum Gasteiger partial charge on any atom is -0.459 e. The molecule has 0 saturated carbocycles. The first-order valence-corrected chi connectivity index (χ1v) is 13.8. The van der Waals surface area contributed by atoms with Gasteiger partial charge in [0, 0.05) is 11.1 Å². The summed E-state index contributed by atoms with van der Waals surface area (Å²) in [5.41, 5.74) is 2.72. The zero-order chi connectivity index (χ0) is 23.8. The highest BCUT2D eigenvalue weighted by Crippen LogP contribution is 2.38. The van der Waals surface area contributed by atoms with E-state index in [-0.39, 0.29) is 24.3 Å². The molecule has 2 aromatic heterocycles. The molecule has 4 rings (SSSR count). The molecular formula is C23H27N3O5S2. The molecule has 1 amide bonds. The number of imidazole rings is 1. The van der Waals surface area contributed by atoms with Crippen LogP contribution in [0, 0.1) is 0 Å². The zero-order valence-corrected chi connectivity index (χ0v) is 20.5. The normalized spacial score (nSPS) is 13.8. The van der Waals surface area contributed by atoms with Gasteiger partial charge in [-0.25, -0.2) is 18.2 Å². The quantitative estimate of drug-likeness (QED) is 0.507. The van der Waals surface area contributed by atoms with Gasteiger partial charge in [0.05, 0.1) is 22.7 Å². The standard InChI is InChI=1S/C23H27N3O5S2/c1-14(2)31-23(28)21-15-8-4-7-11-18(15)32-22(21)25-20(27)12-26-17-10-6-5-9-16(17)24-19(26)13-33(3,29)30/h5-6,9-10,14H,4,7-8,11-13H2,1-3H3,(H,25,27). The fourth-order valence-electron chi connectivity index (χ4n) is 4.10. The second-order valence-electron chi connectivity index (χ2n) is 8.59. The Labute approximate surface area is 196 Å². The van der Waals surface area contributed by atoms with Crippen molar-refractivity contribution in [2.75, 3.05) is 11.6 Å². The van der Waals surface area contributed by atoms with Crippen molar-refractivity contribution in [1.82, 2.24) is 9.55 Å². The van der Waals surface area contributed by atoms with Crippen molar-refractivity contribution >= 4 is 49.1 Å². The lowest BCUT2D eigenvalue weighted by molar-refractivity contribution is -0.116. The van der Waals surface area contributed by atoms with Crippen LogP contribution in [0.15, 0.2) is 24.3 Å². The summed E-state index contributed by atoms with van der Waals surface area (Å²) >= 11 is 1.42. The molecule has 10 heteroatoms. The van der Waals surface area contributed by atoms with E-state index in [0.29, 0.717) is 27.4 Å². The van der Waals surface area contributed by atoms with E-state index in [1.807, 2.05) is 12.1 Å². The van der Waals surface area contributed by atoms with Crippen molar-refractivity contribution in [3.8, 4) is 0 Å². The smallest absolute Gasteiger partial charge is 0.341 e. The Kier molecular flexibility index (Phi) is 6.58. The van der Waals surface area contributed by atoms with Gasteiger partial charge in [0.25, 0.3) is 0 Å². The van der Waals surface area contributed by atoms with Gasteiger partial charge in [-0.2, -0.15) is 0 Å². The van der Waals surface area contributed by atoms with E-state index in [4.69, 9.17) is 4.74 Å². The van der Waals surface area contributed by atoms with Gasteiger partial charge in [-0.15, -0.1) is 11.3 Å².